The minimum absolute atomic E-state index is 0.524. The van der Waals surface area contributed by atoms with Crippen molar-refractivity contribution >= 4 is 62.4 Å². The van der Waals surface area contributed by atoms with Crippen molar-refractivity contribution in [3.63, 3.8) is 0 Å². The van der Waals surface area contributed by atoms with E-state index in [0.29, 0.717) is 17.4 Å². The van der Waals surface area contributed by atoms with Crippen LogP contribution in [-0.2, 0) is 0 Å². The Morgan fingerprint density at radius 3 is 2.04 bits per heavy atom. The number of fused-ring (bicyclic) bond motifs is 5. The Kier molecular flexibility index (Phi) is 10.8. The number of aryl methyl sites for hydroxylation is 2. The van der Waals surface area contributed by atoms with E-state index in [1.807, 2.05) is 111 Å². The highest BCUT2D eigenvalue weighted by atomic mass is 16.5. The lowest BCUT2D eigenvalue weighted by Crippen LogP contribution is -2.27. The fourth-order valence-corrected chi connectivity index (χ4v) is 6.88. The number of rotatable bonds is 6. The molecule has 0 unspecified atom stereocenters. The normalized spacial score (nSPS) is 12.6. The molecule has 0 fully saturated rings. The third-order valence-corrected chi connectivity index (χ3v) is 9.36. The zero-order valence-electron chi connectivity index (χ0n) is 31.7. The van der Waals surface area contributed by atoms with Crippen molar-refractivity contribution in [1.82, 2.24) is 4.57 Å². The standard InChI is InChI=1S/C25H24N2O.C25H19NO/c1-18-15-16-24(19(2)17-18)28-21(4)27-25(23-13-9-6-10-14-23)26-20(3)22-11-7-5-8-12-22;1-3-10-20-18(4-2)24-21(26(20)17-11-6-5-7-12-17)15-16-23-25(24)19-13-8-9-14-22(19)27-23/h5-17H,3H2,1-2,4H3;3-16H,1H2,2H3/b;18-4+,20-10+. The van der Waals surface area contributed by atoms with Crippen molar-refractivity contribution < 1.29 is 9.15 Å². The van der Waals surface area contributed by atoms with Crippen LogP contribution in [0, 0.1) is 13.8 Å². The van der Waals surface area contributed by atoms with Crippen molar-refractivity contribution in [2.24, 2.45) is 9.98 Å². The van der Waals surface area contributed by atoms with Gasteiger partial charge in [0.15, 0.2) is 11.7 Å². The largest absolute Gasteiger partial charge is 0.456 e. The number of ether oxygens (including phenoxy) is 1. The second-order valence-electron chi connectivity index (χ2n) is 13.2. The molecule has 5 heteroatoms. The molecule has 0 saturated carbocycles. The molecule has 270 valence electrons. The molecular formula is C50H43N3O2. The van der Waals surface area contributed by atoms with Crippen molar-refractivity contribution in [1.29, 1.82) is 0 Å². The number of aliphatic imine (C=N–C) groups is 2. The minimum atomic E-state index is 0.524. The van der Waals surface area contributed by atoms with Crippen LogP contribution in [-0.4, -0.2) is 16.3 Å². The van der Waals surface area contributed by atoms with Gasteiger partial charge in [-0.3, -0.25) is 0 Å². The summed E-state index contributed by atoms with van der Waals surface area (Å²) in [7, 11) is 0. The number of hydrogen-bond donors (Lipinski definition) is 0. The first-order valence-corrected chi connectivity index (χ1v) is 18.3. The summed E-state index contributed by atoms with van der Waals surface area (Å²) in [6.45, 7) is 16.1. The van der Waals surface area contributed by atoms with Gasteiger partial charge in [-0.2, -0.15) is 4.99 Å². The van der Waals surface area contributed by atoms with Gasteiger partial charge in [0.05, 0.1) is 16.6 Å². The fourth-order valence-electron chi connectivity index (χ4n) is 6.88. The number of hydrogen-bond acceptors (Lipinski definition) is 3. The molecule has 0 radical (unpaired) electrons. The topological polar surface area (TPSA) is 52.0 Å². The highest BCUT2D eigenvalue weighted by molar-refractivity contribution is 6.18. The highest BCUT2D eigenvalue weighted by Crippen LogP contribution is 2.33. The summed E-state index contributed by atoms with van der Waals surface area (Å²) in [4.78, 5) is 9.34. The van der Waals surface area contributed by atoms with Crippen LogP contribution < -0.4 is 15.3 Å². The first-order valence-electron chi connectivity index (χ1n) is 18.3. The number of amidine groups is 1. The highest BCUT2D eigenvalue weighted by Gasteiger charge is 2.16. The lowest BCUT2D eigenvalue weighted by atomic mass is 10.1. The first kappa shape index (κ1) is 36.4. The van der Waals surface area contributed by atoms with Gasteiger partial charge in [-0.05, 0) is 74.4 Å². The van der Waals surface area contributed by atoms with Crippen LogP contribution >= 0.6 is 0 Å². The molecule has 8 rings (SSSR count). The predicted molar refractivity (Wildman–Crippen MR) is 233 cm³/mol. The molecule has 0 spiro atoms. The van der Waals surface area contributed by atoms with Crippen LogP contribution in [0.5, 0.6) is 5.75 Å². The average Bonchev–Trinajstić information content (AvgIpc) is 3.75. The Labute approximate surface area is 321 Å². The van der Waals surface area contributed by atoms with Crippen molar-refractivity contribution in [2.45, 2.75) is 27.7 Å². The summed E-state index contributed by atoms with van der Waals surface area (Å²) in [6, 6.07) is 48.7. The maximum absolute atomic E-state index is 6.12. The first-order chi connectivity index (χ1) is 26.9. The molecule has 0 bridgehead atoms. The number of furan rings is 1. The Morgan fingerprint density at radius 2 is 1.36 bits per heavy atom. The molecule has 2 aromatic heterocycles. The Balaban J connectivity index is 0.000000169. The van der Waals surface area contributed by atoms with E-state index in [0.717, 1.165) is 50.0 Å². The van der Waals surface area contributed by atoms with E-state index in [4.69, 9.17) is 9.15 Å². The maximum Gasteiger partial charge on any atom is 0.193 e. The number of allylic oxidation sites excluding steroid dienone is 1. The van der Waals surface area contributed by atoms with Gasteiger partial charge in [0, 0.05) is 39.6 Å². The van der Waals surface area contributed by atoms with Crippen LogP contribution in [0.3, 0.4) is 0 Å². The summed E-state index contributed by atoms with van der Waals surface area (Å²) in [5.74, 6) is 1.88. The molecule has 6 aromatic carbocycles. The van der Waals surface area contributed by atoms with Gasteiger partial charge >= 0.3 is 0 Å². The molecule has 55 heavy (non-hydrogen) atoms. The number of aromatic nitrogens is 1. The van der Waals surface area contributed by atoms with Crippen LogP contribution in [0.4, 0.5) is 0 Å². The number of benzene rings is 6. The van der Waals surface area contributed by atoms with Crippen molar-refractivity contribution in [3.05, 3.63) is 198 Å². The van der Waals surface area contributed by atoms with Crippen LogP contribution in [0.1, 0.15) is 36.1 Å². The van der Waals surface area contributed by atoms with Crippen molar-refractivity contribution in [2.75, 3.05) is 0 Å². The van der Waals surface area contributed by atoms with Crippen LogP contribution in [0.15, 0.2) is 179 Å². The maximum atomic E-state index is 6.12. The van der Waals surface area contributed by atoms with Gasteiger partial charge in [-0.1, -0.05) is 140 Å². The van der Waals surface area contributed by atoms with E-state index in [-0.39, 0.29) is 0 Å². The summed E-state index contributed by atoms with van der Waals surface area (Å²) in [5.41, 5.74) is 8.93. The molecule has 8 aromatic rings. The molecule has 0 saturated heterocycles. The van der Waals surface area contributed by atoms with E-state index in [2.05, 4.69) is 108 Å². The molecule has 2 heterocycles. The molecule has 0 atom stereocenters. The van der Waals surface area contributed by atoms with E-state index in [1.54, 1.807) is 0 Å². The van der Waals surface area contributed by atoms with Gasteiger partial charge < -0.3 is 13.7 Å². The van der Waals surface area contributed by atoms with E-state index in [9.17, 15) is 0 Å². The third kappa shape index (κ3) is 7.73. The van der Waals surface area contributed by atoms with Crippen LogP contribution in [0.25, 0.3) is 56.4 Å². The van der Waals surface area contributed by atoms with E-state index in [1.165, 1.54) is 27.1 Å². The number of nitrogens with zero attached hydrogens (tertiary/aromatic N) is 3. The zero-order valence-corrected chi connectivity index (χ0v) is 31.7. The van der Waals surface area contributed by atoms with Gasteiger partial charge in [0.2, 0.25) is 0 Å². The third-order valence-electron chi connectivity index (χ3n) is 9.36. The molecule has 0 N–H and O–H groups in total. The Hall–Kier alpha value is -6.98. The number of para-hydroxylation sites is 2. The molecular weight excluding hydrogens is 675 g/mol. The second kappa shape index (κ2) is 16.4. The zero-order chi connectivity index (χ0) is 38.3. The SMILES string of the molecule is C=C(N=C(N=C(C)Oc1ccc(C)cc1C)c1ccccc1)c1ccccc1.C=C/C=c1\c(=C/C)c2c3c(ccc2n1-c1ccccc1)oc1ccccc13. The predicted octanol–water partition coefficient (Wildman–Crippen LogP) is 11.5. The minimum Gasteiger partial charge on any atom is -0.456 e. The van der Waals surface area contributed by atoms with Gasteiger partial charge in [0.1, 0.15) is 16.9 Å². The second-order valence-corrected chi connectivity index (χ2v) is 13.2. The van der Waals surface area contributed by atoms with Gasteiger partial charge in [-0.15, -0.1) is 0 Å². The smallest absolute Gasteiger partial charge is 0.193 e. The lowest BCUT2D eigenvalue weighted by Gasteiger charge is -2.10. The van der Waals surface area contributed by atoms with Crippen molar-refractivity contribution in [3.8, 4) is 11.4 Å². The van der Waals surface area contributed by atoms with E-state index < -0.39 is 0 Å². The van der Waals surface area contributed by atoms with Gasteiger partial charge in [0.25, 0.3) is 0 Å². The molecule has 5 nitrogen and oxygen atoms in total. The Bertz CT molecular complexity index is 2840. The average molecular weight is 718 g/mol. The molecule has 0 aliphatic rings. The van der Waals surface area contributed by atoms with Gasteiger partial charge in [-0.25, -0.2) is 4.99 Å². The summed E-state index contributed by atoms with van der Waals surface area (Å²) in [6.07, 6.45) is 6.11. The summed E-state index contributed by atoms with van der Waals surface area (Å²) < 4.78 is 14.4. The molecule has 0 aliphatic carbocycles. The summed E-state index contributed by atoms with van der Waals surface area (Å²) >= 11 is 0. The molecule has 0 amide bonds. The molecule has 0 aliphatic heterocycles. The fraction of sp³-hybridized carbons (Fsp3) is 0.0800. The Morgan fingerprint density at radius 1 is 0.709 bits per heavy atom. The van der Waals surface area contributed by atoms with Crippen LogP contribution in [0.2, 0.25) is 0 Å². The van der Waals surface area contributed by atoms with E-state index >= 15 is 0 Å². The summed E-state index contributed by atoms with van der Waals surface area (Å²) in [5, 5.41) is 5.87. The lowest BCUT2D eigenvalue weighted by molar-refractivity contribution is 0.543. The monoisotopic (exact) mass is 717 g/mol. The quantitative estimate of drug-likeness (QED) is 0.127.